The molecule has 1 aromatic heterocycles. The number of hydrogen-bond acceptors (Lipinski definition) is 5. The smallest absolute Gasteiger partial charge is 0.414 e. The molecule has 3 aromatic rings. The van der Waals surface area contributed by atoms with E-state index in [1.807, 2.05) is 55.5 Å². The van der Waals surface area contributed by atoms with Gasteiger partial charge in [0, 0.05) is 27.7 Å². The van der Waals surface area contributed by atoms with E-state index in [1.165, 1.54) is 12.1 Å². The van der Waals surface area contributed by atoms with E-state index < -0.39 is 27.8 Å². The van der Waals surface area contributed by atoms with Gasteiger partial charge in [-0.1, -0.05) is 65.7 Å². The Kier molecular flexibility index (Phi) is 9.76. The van der Waals surface area contributed by atoms with Crippen molar-refractivity contribution in [2.45, 2.75) is 56.6 Å². The Morgan fingerprint density at radius 2 is 1.79 bits per heavy atom. The SMILES string of the molecule is CC(N/C(=N/S(=O)(=O)c1ccccc1)NC(=O)OC(C)(C)C)c1cnc(C2C=CC(Cl)=CC2)c(-c2ccc(Cl)cc2)c1. The third kappa shape index (κ3) is 8.44. The minimum absolute atomic E-state index is 0.0115. The van der Waals surface area contributed by atoms with Crippen LogP contribution in [0.1, 0.15) is 57.3 Å². The topological polar surface area (TPSA) is 110 Å². The number of benzene rings is 2. The maximum atomic E-state index is 13.1. The van der Waals surface area contributed by atoms with E-state index in [0.717, 1.165) is 22.4 Å². The second-order valence-electron chi connectivity index (χ2n) is 10.7. The molecule has 0 fully saturated rings. The Balaban J connectivity index is 1.70. The number of sulfonamides is 1. The molecule has 1 aliphatic carbocycles. The molecular formula is C31H32Cl2N4O4S. The number of carbonyl (C=O) groups excluding carboxylic acids is 1. The number of halogens is 2. The minimum atomic E-state index is -4.15. The third-order valence-electron chi connectivity index (χ3n) is 6.23. The Morgan fingerprint density at radius 1 is 1.10 bits per heavy atom. The summed E-state index contributed by atoms with van der Waals surface area (Å²) < 4.78 is 35.4. The number of carbonyl (C=O) groups is 1. The number of rotatable bonds is 6. The molecule has 42 heavy (non-hydrogen) atoms. The molecule has 0 spiro atoms. The lowest BCUT2D eigenvalue weighted by molar-refractivity contribution is 0.0561. The molecule has 0 bridgehead atoms. The lowest BCUT2D eigenvalue weighted by Gasteiger charge is -2.23. The van der Waals surface area contributed by atoms with Crippen LogP contribution in [0.15, 0.2) is 99.4 Å². The first-order valence-corrected chi connectivity index (χ1v) is 15.5. The van der Waals surface area contributed by atoms with Crippen LogP contribution in [0.25, 0.3) is 11.1 Å². The monoisotopic (exact) mass is 626 g/mol. The van der Waals surface area contributed by atoms with Gasteiger partial charge in [-0.25, -0.2) is 4.79 Å². The molecule has 2 atom stereocenters. The number of allylic oxidation sites excluding steroid dienone is 4. The molecule has 8 nitrogen and oxygen atoms in total. The summed E-state index contributed by atoms with van der Waals surface area (Å²) in [4.78, 5) is 17.4. The van der Waals surface area contributed by atoms with Crippen molar-refractivity contribution in [3.05, 3.63) is 106 Å². The van der Waals surface area contributed by atoms with Crippen molar-refractivity contribution in [2.75, 3.05) is 0 Å². The standard InChI is InChI=1S/C31H32Cl2N4O4S/c1-20(35-29(36-30(38)41-31(2,3)4)37-42(39,40)26-8-6-5-7-9-26)23-18-27(21-10-14-24(32)15-11-21)28(34-19-23)22-12-16-25(33)17-13-22/h5-12,14-20,22H,13H2,1-4H3,(H2,35,36,37,38). The average Bonchev–Trinajstić information content (AvgIpc) is 2.93. The quantitative estimate of drug-likeness (QED) is 0.217. The molecule has 0 saturated heterocycles. The fourth-order valence-electron chi connectivity index (χ4n) is 4.22. The van der Waals surface area contributed by atoms with Gasteiger partial charge in [-0.2, -0.15) is 8.42 Å². The number of alkyl carbamates (subject to hydrolysis) is 1. The number of guanidine groups is 1. The molecule has 11 heteroatoms. The summed E-state index contributed by atoms with van der Waals surface area (Å²) in [7, 11) is -4.15. The molecule has 0 radical (unpaired) electrons. The Hall–Kier alpha value is -3.66. The van der Waals surface area contributed by atoms with E-state index in [-0.39, 0.29) is 16.8 Å². The van der Waals surface area contributed by atoms with Gasteiger partial charge in [-0.05, 0) is 81.7 Å². The van der Waals surface area contributed by atoms with Gasteiger partial charge in [0.1, 0.15) is 5.60 Å². The molecule has 2 aromatic carbocycles. The maximum absolute atomic E-state index is 13.1. The number of nitrogens with zero attached hydrogens (tertiary/aromatic N) is 2. The van der Waals surface area contributed by atoms with Crippen molar-refractivity contribution in [1.82, 2.24) is 15.6 Å². The lowest BCUT2D eigenvalue weighted by atomic mass is 9.89. The number of aromatic nitrogens is 1. The van der Waals surface area contributed by atoms with Crippen molar-refractivity contribution in [3.63, 3.8) is 0 Å². The number of ether oxygens (including phenoxy) is 1. The summed E-state index contributed by atoms with van der Waals surface area (Å²) in [5.41, 5.74) is 2.58. The first-order chi connectivity index (χ1) is 19.8. The van der Waals surface area contributed by atoms with Crippen molar-refractivity contribution >= 4 is 45.3 Å². The predicted molar refractivity (Wildman–Crippen MR) is 167 cm³/mol. The van der Waals surface area contributed by atoms with Crippen molar-refractivity contribution in [3.8, 4) is 11.1 Å². The third-order valence-corrected chi connectivity index (χ3v) is 8.05. The molecule has 2 N–H and O–H groups in total. The van der Waals surface area contributed by atoms with Gasteiger partial charge >= 0.3 is 6.09 Å². The molecule has 220 valence electrons. The van der Waals surface area contributed by atoms with E-state index >= 15 is 0 Å². The fraction of sp³-hybridized carbons (Fsp3) is 0.258. The highest BCUT2D eigenvalue weighted by atomic mass is 35.5. The minimum Gasteiger partial charge on any atom is -0.444 e. The van der Waals surface area contributed by atoms with Crippen molar-refractivity contribution < 1.29 is 17.9 Å². The molecule has 0 aliphatic heterocycles. The van der Waals surface area contributed by atoms with Gasteiger partial charge in [0.2, 0.25) is 5.96 Å². The van der Waals surface area contributed by atoms with Gasteiger partial charge in [-0.3, -0.25) is 10.3 Å². The fourth-order valence-corrected chi connectivity index (χ4v) is 5.45. The second-order valence-corrected chi connectivity index (χ2v) is 13.2. The largest absolute Gasteiger partial charge is 0.444 e. The summed E-state index contributed by atoms with van der Waals surface area (Å²) in [6, 6.07) is 16.7. The zero-order valence-electron chi connectivity index (χ0n) is 23.6. The number of hydrogen-bond donors (Lipinski definition) is 2. The van der Waals surface area contributed by atoms with E-state index in [9.17, 15) is 13.2 Å². The predicted octanol–water partition coefficient (Wildman–Crippen LogP) is 7.49. The Morgan fingerprint density at radius 3 is 2.40 bits per heavy atom. The molecule has 1 amide bonds. The van der Waals surface area contributed by atoms with Gasteiger partial charge in [0.05, 0.1) is 16.6 Å². The van der Waals surface area contributed by atoms with E-state index in [1.54, 1.807) is 45.2 Å². The van der Waals surface area contributed by atoms with E-state index in [4.69, 9.17) is 32.9 Å². The summed E-state index contributed by atoms with van der Waals surface area (Å²) in [5.74, 6) is -0.273. The first-order valence-electron chi connectivity index (χ1n) is 13.3. The van der Waals surface area contributed by atoms with Crippen LogP contribution in [0.3, 0.4) is 0 Å². The van der Waals surface area contributed by atoms with E-state index in [0.29, 0.717) is 16.5 Å². The number of amides is 1. The normalized spacial score (nSPS) is 16.4. The summed E-state index contributed by atoms with van der Waals surface area (Å²) in [5, 5.41) is 6.78. The van der Waals surface area contributed by atoms with Crippen LogP contribution in [0, 0.1) is 0 Å². The number of pyridine rings is 1. The molecule has 2 unspecified atom stereocenters. The summed E-state index contributed by atoms with van der Waals surface area (Å²) in [6.45, 7) is 6.93. The Bertz CT molecular complexity index is 1630. The van der Waals surface area contributed by atoms with Gasteiger partial charge < -0.3 is 10.1 Å². The molecular weight excluding hydrogens is 595 g/mol. The van der Waals surface area contributed by atoms with Crippen LogP contribution in [-0.4, -0.2) is 31.1 Å². The first kappa shape index (κ1) is 31.3. The molecule has 0 saturated carbocycles. The highest BCUT2D eigenvalue weighted by Gasteiger charge is 2.23. The summed E-state index contributed by atoms with van der Waals surface area (Å²) in [6.07, 6.45) is 7.40. The van der Waals surface area contributed by atoms with Crippen LogP contribution in [0.2, 0.25) is 5.02 Å². The van der Waals surface area contributed by atoms with Crippen molar-refractivity contribution in [1.29, 1.82) is 0 Å². The zero-order valence-corrected chi connectivity index (χ0v) is 26.0. The highest BCUT2D eigenvalue weighted by molar-refractivity contribution is 7.90. The second kappa shape index (κ2) is 13.1. The average molecular weight is 628 g/mol. The molecule has 4 rings (SSSR count). The van der Waals surface area contributed by atoms with Gasteiger partial charge in [0.25, 0.3) is 10.0 Å². The number of nitrogens with one attached hydrogen (secondary N) is 2. The molecule has 1 heterocycles. The van der Waals surface area contributed by atoms with Crippen LogP contribution < -0.4 is 10.6 Å². The van der Waals surface area contributed by atoms with Crippen molar-refractivity contribution in [2.24, 2.45) is 4.40 Å². The van der Waals surface area contributed by atoms with Crippen LogP contribution in [0.5, 0.6) is 0 Å². The maximum Gasteiger partial charge on any atom is 0.414 e. The highest BCUT2D eigenvalue weighted by Crippen LogP contribution is 2.35. The Labute approximate surface area is 256 Å². The van der Waals surface area contributed by atoms with Gasteiger partial charge in [-0.15, -0.1) is 4.40 Å². The molecule has 1 aliphatic rings. The lowest BCUT2D eigenvalue weighted by Crippen LogP contribution is -2.44. The van der Waals surface area contributed by atoms with Gasteiger partial charge in [0.15, 0.2) is 0 Å². The van der Waals surface area contributed by atoms with Crippen LogP contribution in [0.4, 0.5) is 4.79 Å². The zero-order chi connectivity index (χ0) is 30.5. The van der Waals surface area contributed by atoms with Crippen LogP contribution in [-0.2, 0) is 14.8 Å². The summed E-state index contributed by atoms with van der Waals surface area (Å²) >= 11 is 12.3. The van der Waals surface area contributed by atoms with E-state index in [2.05, 4.69) is 15.0 Å². The van der Waals surface area contributed by atoms with Crippen LogP contribution >= 0.6 is 23.2 Å².